The molecule has 2 saturated heterocycles. The number of carbonyl (C=O) groups excluding carboxylic acids is 2. The van der Waals surface area contributed by atoms with E-state index in [2.05, 4.69) is 48.3 Å². The molecule has 3 aromatic rings. The summed E-state index contributed by atoms with van der Waals surface area (Å²) in [5.74, 6) is 1.58. The number of hydrogen-bond donors (Lipinski definition) is 1. The molecule has 0 spiro atoms. The van der Waals surface area contributed by atoms with Crippen LogP contribution in [0.1, 0.15) is 54.6 Å². The molecule has 2 amide bonds. The van der Waals surface area contributed by atoms with Crippen molar-refractivity contribution < 1.29 is 9.59 Å². The zero-order chi connectivity index (χ0) is 25.8. The standard InChI is InChI=1S/C32H39N3O2/c1-23-18-24(2)21-34(20-23)22-28-10-4-3-9-27(28)19-33-31(36)26-14-16-35(17-15-26)32(37)30-13-7-11-25-8-5-6-12-29(25)30/h3-13,23-24,26H,14-22H2,1-2H3,(H,33,36). The van der Waals surface area contributed by atoms with Crippen LogP contribution in [0.2, 0.25) is 0 Å². The number of rotatable bonds is 6. The molecule has 2 fully saturated rings. The van der Waals surface area contributed by atoms with E-state index in [1.54, 1.807) is 0 Å². The maximum Gasteiger partial charge on any atom is 0.254 e. The molecule has 0 aromatic heterocycles. The van der Waals surface area contributed by atoms with Crippen LogP contribution in [0.15, 0.2) is 66.7 Å². The number of carbonyl (C=O) groups is 2. The Hall–Kier alpha value is -3.18. The monoisotopic (exact) mass is 497 g/mol. The molecule has 0 radical (unpaired) electrons. The lowest BCUT2D eigenvalue weighted by Crippen LogP contribution is -2.43. The largest absolute Gasteiger partial charge is 0.352 e. The Balaban J connectivity index is 1.15. The van der Waals surface area contributed by atoms with Gasteiger partial charge in [-0.2, -0.15) is 0 Å². The van der Waals surface area contributed by atoms with Gasteiger partial charge in [-0.05, 0) is 59.1 Å². The third-order valence-electron chi connectivity index (χ3n) is 8.08. The number of nitrogens with zero attached hydrogens (tertiary/aromatic N) is 2. The molecule has 2 aliphatic heterocycles. The molecular formula is C32H39N3O2. The van der Waals surface area contributed by atoms with Crippen LogP contribution in [0.4, 0.5) is 0 Å². The summed E-state index contributed by atoms with van der Waals surface area (Å²) < 4.78 is 0. The van der Waals surface area contributed by atoms with Gasteiger partial charge in [-0.25, -0.2) is 0 Å². The molecule has 0 bridgehead atoms. The van der Waals surface area contributed by atoms with E-state index in [-0.39, 0.29) is 17.7 Å². The summed E-state index contributed by atoms with van der Waals surface area (Å²) >= 11 is 0. The molecule has 5 heteroatoms. The fourth-order valence-electron chi connectivity index (χ4n) is 6.30. The van der Waals surface area contributed by atoms with E-state index in [0.29, 0.717) is 32.5 Å². The number of fused-ring (bicyclic) bond motifs is 1. The van der Waals surface area contributed by atoms with Crippen molar-refractivity contribution in [1.82, 2.24) is 15.1 Å². The first kappa shape index (κ1) is 25.5. The maximum absolute atomic E-state index is 13.3. The van der Waals surface area contributed by atoms with Gasteiger partial charge >= 0.3 is 0 Å². The Kier molecular flexibility index (Phi) is 7.90. The van der Waals surface area contributed by atoms with Crippen LogP contribution in [0.5, 0.6) is 0 Å². The number of likely N-dealkylation sites (tertiary alicyclic amines) is 2. The van der Waals surface area contributed by atoms with Crippen molar-refractivity contribution in [2.75, 3.05) is 26.2 Å². The molecule has 0 aliphatic carbocycles. The topological polar surface area (TPSA) is 52.7 Å². The van der Waals surface area contributed by atoms with Crippen LogP contribution in [-0.2, 0) is 17.9 Å². The highest BCUT2D eigenvalue weighted by molar-refractivity contribution is 6.07. The molecule has 1 N–H and O–H groups in total. The Bertz CT molecular complexity index is 1230. The summed E-state index contributed by atoms with van der Waals surface area (Å²) in [7, 11) is 0. The highest BCUT2D eigenvalue weighted by Crippen LogP contribution is 2.25. The van der Waals surface area contributed by atoms with Crippen LogP contribution >= 0.6 is 0 Å². The fraction of sp³-hybridized carbons (Fsp3) is 0.438. The molecular weight excluding hydrogens is 458 g/mol. The quantitative estimate of drug-likeness (QED) is 0.490. The highest BCUT2D eigenvalue weighted by Gasteiger charge is 2.28. The summed E-state index contributed by atoms with van der Waals surface area (Å²) in [6.45, 7) is 9.69. The van der Waals surface area contributed by atoms with Crippen molar-refractivity contribution in [3.8, 4) is 0 Å². The second-order valence-corrected chi connectivity index (χ2v) is 11.2. The summed E-state index contributed by atoms with van der Waals surface area (Å²) in [6.07, 6.45) is 2.71. The molecule has 2 aliphatic rings. The van der Waals surface area contributed by atoms with Gasteiger partial charge in [0.15, 0.2) is 0 Å². The number of hydrogen-bond acceptors (Lipinski definition) is 3. The third-order valence-corrected chi connectivity index (χ3v) is 8.08. The lowest BCUT2D eigenvalue weighted by molar-refractivity contribution is -0.126. The number of amides is 2. The summed E-state index contributed by atoms with van der Waals surface area (Å²) in [5.41, 5.74) is 3.25. The Labute approximate surface area is 220 Å². The van der Waals surface area contributed by atoms with Gasteiger partial charge in [0.2, 0.25) is 5.91 Å². The van der Waals surface area contributed by atoms with Gasteiger partial charge in [-0.3, -0.25) is 14.5 Å². The van der Waals surface area contributed by atoms with Crippen LogP contribution in [-0.4, -0.2) is 47.8 Å². The van der Waals surface area contributed by atoms with Crippen LogP contribution in [0.25, 0.3) is 10.8 Å². The Morgan fingerprint density at radius 2 is 1.49 bits per heavy atom. The Morgan fingerprint density at radius 1 is 0.838 bits per heavy atom. The first-order chi connectivity index (χ1) is 18.0. The van der Waals surface area contributed by atoms with Gasteiger partial charge in [0.25, 0.3) is 5.91 Å². The molecule has 2 atom stereocenters. The van der Waals surface area contributed by atoms with Gasteiger partial charge in [0.1, 0.15) is 0 Å². The van der Waals surface area contributed by atoms with E-state index in [1.165, 1.54) is 17.5 Å². The van der Waals surface area contributed by atoms with E-state index >= 15 is 0 Å². The highest BCUT2D eigenvalue weighted by atomic mass is 16.2. The molecule has 5 nitrogen and oxygen atoms in total. The zero-order valence-corrected chi connectivity index (χ0v) is 22.2. The van der Waals surface area contributed by atoms with Gasteiger partial charge in [0.05, 0.1) is 0 Å². The SMILES string of the molecule is CC1CC(C)CN(Cc2ccccc2CNC(=O)C2CCN(C(=O)c3cccc4ccccc34)CC2)C1. The van der Waals surface area contributed by atoms with Crippen molar-refractivity contribution in [2.45, 2.75) is 46.2 Å². The molecule has 5 rings (SSSR count). The van der Waals surface area contributed by atoms with Crippen molar-refractivity contribution in [2.24, 2.45) is 17.8 Å². The fourth-order valence-corrected chi connectivity index (χ4v) is 6.30. The van der Waals surface area contributed by atoms with Crippen molar-refractivity contribution in [3.05, 3.63) is 83.4 Å². The first-order valence-corrected chi connectivity index (χ1v) is 13.8. The summed E-state index contributed by atoms with van der Waals surface area (Å²) in [4.78, 5) is 30.8. The summed E-state index contributed by atoms with van der Waals surface area (Å²) in [6, 6.07) is 22.4. The Morgan fingerprint density at radius 3 is 2.24 bits per heavy atom. The summed E-state index contributed by atoms with van der Waals surface area (Å²) in [5, 5.41) is 5.27. The molecule has 37 heavy (non-hydrogen) atoms. The van der Waals surface area contributed by atoms with E-state index in [9.17, 15) is 9.59 Å². The molecule has 0 saturated carbocycles. The average molecular weight is 498 g/mol. The minimum absolute atomic E-state index is 0.0486. The van der Waals surface area contributed by atoms with Gasteiger partial charge in [0, 0.05) is 50.7 Å². The van der Waals surface area contributed by atoms with E-state index in [1.807, 2.05) is 47.4 Å². The lowest BCUT2D eigenvalue weighted by Gasteiger charge is -2.35. The average Bonchev–Trinajstić information content (AvgIpc) is 2.91. The predicted octanol–water partition coefficient (Wildman–Crippen LogP) is 5.49. The molecule has 2 heterocycles. The second-order valence-electron chi connectivity index (χ2n) is 11.2. The van der Waals surface area contributed by atoms with Gasteiger partial charge in [-0.1, -0.05) is 74.5 Å². The van der Waals surface area contributed by atoms with Crippen molar-refractivity contribution >= 4 is 22.6 Å². The zero-order valence-electron chi connectivity index (χ0n) is 22.2. The maximum atomic E-state index is 13.3. The van der Waals surface area contributed by atoms with E-state index < -0.39 is 0 Å². The molecule has 194 valence electrons. The number of piperidine rings is 2. The van der Waals surface area contributed by atoms with E-state index in [4.69, 9.17) is 0 Å². The van der Waals surface area contributed by atoms with Crippen LogP contribution < -0.4 is 5.32 Å². The van der Waals surface area contributed by atoms with Crippen LogP contribution in [0.3, 0.4) is 0 Å². The third kappa shape index (κ3) is 6.04. The predicted molar refractivity (Wildman–Crippen MR) is 149 cm³/mol. The number of nitrogens with one attached hydrogen (secondary N) is 1. The molecule has 3 aromatic carbocycles. The lowest BCUT2D eigenvalue weighted by atomic mass is 9.91. The minimum atomic E-state index is -0.0486. The van der Waals surface area contributed by atoms with Gasteiger partial charge < -0.3 is 10.2 Å². The van der Waals surface area contributed by atoms with Crippen molar-refractivity contribution in [3.63, 3.8) is 0 Å². The normalized spacial score (nSPS) is 21.2. The van der Waals surface area contributed by atoms with Crippen LogP contribution in [0, 0.1) is 17.8 Å². The minimum Gasteiger partial charge on any atom is -0.352 e. The van der Waals surface area contributed by atoms with Gasteiger partial charge in [-0.15, -0.1) is 0 Å². The van der Waals surface area contributed by atoms with Crippen molar-refractivity contribution in [1.29, 1.82) is 0 Å². The smallest absolute Gasteiger partial charge is 0.254 e. The van der Waals surface area contributed by atoms with E-state index in [0.717, 1.165) is 47.8 Å². The number of benzene rings is 3. The molecule has 2 unspecified atom stereocenters. The second kappa shape index (κ2) is 11.5. The first-order valence-electron chi connectivity index (χ1n) is 13.8.